The first-order valence-electron chi connectivity index (χ1n) is 0.655. The van der Waals surface area contributed by atoms with Crippen molar-refractivity contribution in [1.82, 2.24) is 0 Å². The Morgan fingerprint density at radius 2 is 1.00 bits per heavy atom. The van der Waals surface area contributed by atoms with Gasteiger partial charge in [-0.3, -0.25) is 0 Å². The quantitative estimate of drug-likeness (QED) is 0.480. The van der Waals surface area contributed by atoms with Gasteiger partial charge in [-0.2, -0.15) is 26.7 Å². The second kappa shape index (κ2) is 9.23. The van der Waals surface area contributed by atoms with Gasteiger partial charge in [0.15, 0.2) is 0 Å². The molecule has 0 aliphatic heterocycles. The molecule has 0 amide bonds. The van der Waals surface area contributed by atoms with Gasteiger partial charge in [0.25, 0.3) is 0 Å². The van der Waals surface area contributed by atoms with Gasteiger partial charge in [0.2, 0.25) is 0 Å². The van der Waals surface area contributed by atoms with Crippen molar-refractivity contribution in [3.63, 3.8) is 0 Å². The van der Waals surface area contributed by atoms with E-state index in [2.05, 4.69) is 0 Å². The fourth-order valence-corrected chi connectivity index (χ4v) is 0. The molecule has 0 unspecified atom stereocenters. The summed E-state index contributed by atoms with van der Waals surface area (Å²) >= 11 is 0. The van der Waals surface area contributed by atoms with Crippen molar-refractivity contribution in [2.24, 2.45) is 0 Å². The Bertz CT molecular complexity index is 15.5. The van der Waals surface area contributed by atoms with E-state index >= 15 is 0 Å². The number of halogens is 3. The van der Waals surface area contributed by atoms with Crippen LogP contribution in [0.15, 0.2) is 0 Å². The SMILES string of the molecule is FC(F)F.S.[Zn]. The van der Waals surface area contributed by atoms with Crippen LogP contribution in [0.4, 0.5) is 13.2 Å². The first-order valence-corrected chi connectivity index (χ1v) is 0.655. The molecule has 0 aromatic heterocycles. The molecule has 0 bridgehead atoms. The van der Waals surface area contributed by atoms with Gasteiger partial charge in [0.1, 0.15) is 0 Å². The molecular formula is CH3F3SZn. The maximum Gasteiger partial charge on any atom is 0.379 e. The zero-order valence-corrected chi connectivity index (χ0v) is 6.89. The van der Waals surface area contributed by atoms with E-state index in [0.29, 0.717) is 0 Å². The zero-order valence-electron chi connectivity index (χ0n) is 2.92. The van der Waals surface area contributed by atoms with Gasteiger partial charge in [-0.25, -0.2) is 0 Å². The van der Waals surface area contributed by atoms with E-state index in [-0.39, 0.29) is 33.0 Å². The van der Waals surface area contributed by atoms with E-state index in [0.717, 1.165) is 0 Å². The van der Waals surface area contributed by atoms with Gasteiger partial charge in [-0.1, -0.05) is 0 Å². The van der Waals surface area contributed by atoms with Gasteiger partial charge in [-0.15, -0.1) is 0 Å². The molecule has 0 aromatic carbocycles. The van der Waals surface area contributed by atoms with Crippen LogP contribution in [-0.4, -0.2) is 6.68 Å². The maximum absolute atomic E-state index is 9.67. The molecule has 0 rings (SSSR count). The van der Waals surface area contributed by atoms with Crippen LogP contribution >= 0.6 is 13.5 Å². The van der Waals surface area contributed by atoms with Crippen LogP contribution in [0, 0.1) is 0 Å². The molecular weight excluding hydrogens is 166 g/mol. The van der Waals surface area contributed by atoms with E-state index in [9.17, 15) is 13.2 Å². The van der Waals surface area contributed by atoms with Gasteiger partial charge >= 0.3 is 6.68 Å². The summed E-state index contributed by atoms with van der Waals surface area (Å²) in [5, 5.41) is 0. The number of alkyl halides is 3. The molecule has 0 radical (unpaired) electrons. The molecule has 0 atom stereocenters. The average Bonchev–Trinajstić information content (AvgIpc) is 0.811. The zero-order chi connectivity index (χ0) is 3.58. The van der Waals surface area contributed by atoms with Crippen LogP contribution in [0.1, 0.15) is 0 Å². The van der Waals surface area contributed by atoms with E-state index in [1.165, 1.54) is 0 Å². The molecule has 0 fully saturated rings. The van der Waals surface area contributed by atoms with Crippen molar-refractivity contribution in [1.29, 1.82) is 0 Å². The third kappa shape index (κ3) is 116. The molecule has 0 aliphatic rings. The van der Waals surface area contributed by atoms with E-state index in [1.807, 2.05) is 0 Å². The Morgan fingerprint density at radius 1 is 1.00 bits per heavy atom. The van der Waals surface area contributed by atoms with Crippen LogP contribution < -0.4 is 0 Å². The third-order valence-corrected chi connectivity index (χ3v) is 0. The number of hydrogen-bond acceptors (Lipinski definition) is 0. The summed E-state index contributed by atoms with van der Waals surface area (Å²) in [7, 11) is 0. The van der Waals surface area contributed by atoms with E-state index < -0.39 is 6.68 Å². The van der Waals surface area contributed by atoms with Crippen molar-refractivity contribution in [2.45, 2.75) is 6.68 Å². The van der Waals surface area contributed by atoms with Gasteiger partial charge in [0.05, 0.1) is 0 Å². The minimum Gasteiger partial charge on any atom is -0.197 e. The Balaban J connectivity index is -0.0000000450. The van der Waals surface area contributed by atoms with E-state index in [4.69, 9.17) is 0 Å². The summed E-state index contributed by atoms with van der Waals surface area (Å²) in [5.41, 5.74) is 0. The van der Waals surface area contributed by atoms with Crippen molar-refractivity contribution < 1.29 is 32.6 Å². The van der Waals surface area contributed by atoms with Crippen molar-refractivity contribution in [3.05, 3.63) is 0 Å². The predicted molar refractivity (Wildman–Crippen MR) is 17.5 cm³/mol. The molecule has 0 spiro atoms. The molecule has 0 N–H and O–H groups in total. The van der Waals surface area contributed by atoms with Crippen LogP contribution in [-0.2, 0) is 19.5 Å². The topological polar surface area (TPSA) is 0 Å². The van der Waals surface area contributed by atoms with Crippen molar-refractivity contribution in [2.75, 3.05) is 0 Å². The molecule has 0 heterocycles. The molecule has 0 nitrogen and oxygen atoms in total. The van der Waals surface area contributed by atoms with Gasteiger partial charge in [-0.05, 0) is 0 Å². The normalized spacial score (nSPS) is 6.00. The summed E-state index contributed by atoms with van der Waals surface area (Å²) in [6.07, 6.45) is 0. The number of hydrogen-bond donors (Lipinski definition) is 0. The maximum atomic E-state index is 9.67. The Kier molecular flexibility index (Phi) is 24.4. The fraction of sp³-hybridized carbons (Fsp3) is 1.00. The summed E-state index contributed by atoms with van der Waals surface area (Å²) in [6.45, 7) is -3.67. The van der Waals surface area contributed by atoms with Crippen LogP contribution in [0.3, 0.4) is 0 Å². The molecule has 0 saturated carbocycles. The number of rotatable bonds is 0. The van der Waals surface area contributed by atoms with Gasteiger partial charge < -0.3 is 0 Å². The second-order valence-corrected chi connectivity index (χ2v) is 0.247. The van der Waals surface area contributed by atoms with Crippen molar-refractivity contribution in [3.8, 4) is 0 Å². The fourth-order valence-electron chi connectivity index (χ4n) is 0. The monoisotopic (exact) mass is 168 g/mol. The first-order chi connectivity index (χ1) is 1.73. The summed E-state index contributed by atoms with van der Waals surface area (Å²) in [4.78, 5) is 0. The minimum absolute atomic E-state index is 0. The summed E-state index contributed by atoms with van der Waals surface area (Å²) in [6, 6.07) is 0. The molecule has 0 saturated heterocycles. The molecule has 36 valence electrons. The Hall–Kier alpha value is 0.763. The van der Waals surface area contributed by atoms with Gasteiger partial charge in [0, 0.05) is 19.5 Å². The molecule has 6 heavy (non-hydrogen) atoms. The third-order valence-electron chi connectivity index (χ3n) is 0. The summed E-state index contributed by atoms with van der Waals surface area (Å²) < 4.78 is 29.0. The van der Waals surface area contributed by atoms with Crippen LogP contribution in [0.25, 0.3) is 0 Å². The first kappa shape index (κ1) is 15.9. The standard InChI is InChI=1S/CHF3.H2S.Zn/c2-1(3)4;;/h1H;1H2;. The largest absolute Gasteiger partial charge is 0.379 e. The Morgan fingerprint density at radius 3 is 1.00 bits per heavy atom. The van der Waals surface area contributed by atoms with E-state index in [1.54, 1.807) is 0 Å². The summed E-state index contributed by atoms with van der Waals surface area (Å²) in [5.74, 6) is 0. The Labute approximate surface area is 53.3 Å². The molecule has 5 heteroatoms. The smallest absolute Gasteiger partial charge is 0.197 e. The predicted octanol–water partition coefficient (Wildman–Crippen LogP) is 1.29. The molecule has 0 aromatic rings. The average molecular weight is 169 g/mol. The van der Waals surface area contributed by atoms with Crippen LogP contribution in [0.5, 0.6) is 0 Å². The molecule has 0 aliphatic carbocycles. The van der Waals surface area contributed by atoms with Crippen LogP contribution in [0.2, 0.25) is 0 Å². The van der Waals surface area contributed by atoms with Crippen molar-refractivity contribution >= 4 is 13.5 Å². The minimum atomic E-state index is -3.67. The second-order valence-electron chi connectivity index (χ2n) is 0.247.